The van der Waals surface area contributed by atoms with Gasteiger partial charge in [-0.05, 0) is 49.2 Å². The Morgan fingerprint density at radius 1 is 1.04 bits per heavy atom. The molecule has 144 valence electrons. The second-order valence-electron chi connectivity index (χ2n) is 6.89. The normalized spacial score (nSPS) is 12.8. The van der Waals surface area contributed by atoms with Gasteiger partial charge in [0.2, 0.25) is 5.91 Å². The molecule has 1 heterocycles. The van der Waals surface area contributed by atoms with Gasteiger partial charge in [-0.3, -0.25) is 24.1 Å². The SMILES string of the molecule is Cc1cccc(NC(=O)CN(C)C(=O)c2ccc3c(c2)C(=O)N(C)C3=O)c1C. The minimum atomic E-state index is -0.440. The van der Waals surface area contributed by atoms with E-state index in [0.717, 1.165) is 16.0 Å². The van der Waals surface area contributed by atoms with Crippen LogP contribution >= 0.6 is 0 Å². The zero-order chi connectivity index (χ0) is 20.6. The van der Waals surface area contributed by atoms with Crippen molar-refractivity contribution >= 4 is 29.3 Å². The van der Waals surface area contributed by atoms with Crippen molar-refractivity contribution in [3.05, 3.63) is 64.2 Å². The molecule has 0 bridgehead atoms. The second-order valence-corrected chi connectivity index (χ2v) is 6.89. The molecule has 2 aromatic rings. The fraction of sp³-hybridized carbons (Fsp3) is 0.238. The zero-order valence-corrected chi connectivity index (χ0v) is 16.2. The standard InChI is InChI=1S/C21H21N3O4/c1-12-6-5-7-17(13(12)2)22-18(25)11-23(3)19(26)14-8-9-15-16(10-14)21(28)24(4)20(15)27/h5-10H,11H2,1-4H3,(H,22,25). The van der Waals surface area contributed by atoms with E-state index < -0.39 is 11.8 Å². The van der Waals surface area contributed by atoms with Gasteiger partial charge in [-0.15, -0.1) is 0 Å². The van der Waals surface area contributed by atoms with Crippen LogP contribution in [0.4, 0.5) is 5.69 Å². The van der Waals surface area contributed by atoms with E-state index in [9.17, 15) is 19.2 Å². The molecule has 2 aromatic carbocycles. The van der Waals surface area contributed by atoms with E-state index in [2.05, 4.69) is 5.32 Å². The van der Waals surface area contributed by atoms with E-state index in [1.165, 1.54) is 37.2 Å². The first kappa shape index (κ1) is 19.3. The number of anilines is 1. The van der Waals surface area contributed by atoms with Gasteiger partial charge in [0.25, 0.3) is 17.7 Å². The zero-order valence-electron chi connectivity index (χ0n) is 16.2. The second kappa shape index (κ2) is 7.26. The molecule has 7 heteroatoms. The lowest BCUT2D eigenvalue weighted by molar-refractivity contribution is -0.116. The fourth-order valence-corrected chi connectivity index (χ4v) is 3.08. The molecule has 0 atom stereocenters. The Kier molecular flexibility index (Phi) is 5.00. The number of imide groups is 1. The van der Waals surface area contributed by atoms with Crippen LogP contribution in [0.25, 0.3) is 0 Å². The molecule has 4 amide bonds. The van der Waals surface area contributed by atoms with Crippen molar-refractivity contribution in [3.8, 4) is 0 Å². The lowest BCUT2D eigenvalue weighted by atomic mass is 10.0. The van der Waals surface area contributed by atoms with E-state index in [1.54, 1.807) is 0 Å². The molecule has 3 rings (SSSR count). The van der Waals surface area contributed by atoms with Crippen LogP contribution in [0.3, 0.4) is 0 Å². The van der Waals surface area contributed by atoms with E-state index in [1.807, 2.05) is 32.0 Å². The van der Waals surface area contributed by atoms with Gasteiger partial charge in [0, 0.05) is 25.3 Å². The number of fused-ring (bicyclic) bond motifs is 1. The predicted octanol–water partition coefficient (Wildman–Crippen LogP) is 2.24. The molecular formula is C21H21N3O4. The molecule has 0 saturated heterocycles. The van der Waals surface area contributed by atoms with E-state index >= 15 is 0 Å². The van der Waals surface area contributed by atoms with Crippen molar-refractivity contribution in [2.24, 2.45) is 0 Å². The highest BCUT2D eigenvalue weighted by Gasteiger charge is 2.33. The summed E-state index contributed by atoms with van der Waals surface area (Å²) in [5, 5.41) is 2.81. The van der Waals surface area contributed by atoms with Gasteiger partial charge in [-0.25, -0.2) is 0 Å². The molecule has 0 spiro atoms. The Balaban J connectivity index is 1.71. The minimum Gasteiger partial charge on any atom is -0.332 e. The molecule has 0 aliphatic carbocycles. The molecule has 0 aromatic heterocycles. The average Bonchev–Trinajstić information content (AvgIpc) is 2.88. The summed E-state index contributed by atoms with van der Waals surface area (Å²) in [7, 11) is 2.91. The Bertz CT molecular complexity index is 1010. The van der Waals surface area contributed by atoms with Crippen LogP contribution in [0.1, 0.15) is 42.2 Å². The van der Waals surface area contributed by atoms with Crippen molar-refractivity contribution in [1.82, 2.24) is 9.80 Å². The smallest absolute Gasteiger partial charge is 0.261 e. The number of benzene rings is 2. The van der Waals surface area contributed by atoms with E-state index in [-0.39, 0.29) is 35.0 Å². The number of hydrogen-bond acceptors (Lipinski definition) is 4. The topological polar surface area (TPSA) is 86.8 Å². The van der Waals surface area contributed by atoms with Gasteiger partial charge >= 0.3 is 0 Å². The average molecular weight is 379 g/mol. The number of nitrogens with one attached hydrogen (secondary N) is 1. The third kappa shape index (κ3) is 3.38. The molecule has 1 aliphatic heterocycles. The number of carbonyl (C=O) groups excluding carboxylic acids is 4. The largest absolute Gasteiger partial charge is 0.332 e. The minimum absolute atomic E-state index is 0.143. The highest BCUT2D eigenvalue weighted by molar-refractivity contribution is 6.21. The molecule has 28 heavy (non-hydrogen) atoms. The number of aryl methyl sites for hydroxylation is 1. The molecule has 0 unspecified atom stereocenters. The highest BCUT2D eigenvalue weighted by Crippen LogP contribution is 2.23. The Labute approximate surface area is 162 Å². The number of nitrogens with zero attached hydrogens (tertiary/aromatic N) is 2. The monoisotopic (exact) mass is 379 g/mol. The van der Waals surface area contributed by atoms with Crippen molar-refractivity contribution in [2.75, 3.05) is 26.0 Å². The Morgan fingerprint density at radius 2 is 1.71 bits per heavy atom. The fourth-order valence-electron chi connectivity index (χ4n) is 3.08. The number of amides is 4. The van der Waals surface area contributed by atoms with Gasteiger partial charge in [-0.1, -0.05) is 12.1 Å². The summed E-state index contributed by atoms with van der Waals surface area (Å²) in [6, 6.07) is 9.98. The van der Waals surface area contributed by atoms with Gasteiger partial charge in [-0.2, -0.15) is 0 Å². The molecule has 1 aliphatic rings. The maximum Gasteiger partial charge on any atom is 0.261 e. The number of hydrogen-bond donors (Lipinski definition) is 1. The first-order valence-corrected chi connectivity index (χ1v) is 8.78. The van der Waals surface area contributed by atoms with Crippen LogP contribution in [0, 0.1) is 13.8 Å². The van der Waals surface area contributed by atoms with Crippen molar-refractivity contribution in [1.29, 1.82) is 0 Å². The van der Waals surface area contributed by atoms with Crippen molar-refractivity contribution in [3.63, 3.8) is 0 Å². The summed E-state index contributed by atoms with van der Waals surface area (Å²) in [5.74, 6) is -1.56. The molecule has 1 N–H and O–H groups in total. The third-order valence-corrected chi connectivity index (χ3v) is 4.94. The Morgan fingerprint density at radius 3 is 2.43 bits per heavy atom. The first-order chi connectivity index (χ1) is 13.2. The first-order valence-electron chi connectivity index (χ1n) is 8.78. The lowest BCUT2D eigenvalue weighted by Crippen LogP contribution is -2.35. The maximum absolute atomic E-state index is 12.7. The van der Waals surface area contributed by atoms with Gasteiger partial charge in [0.05, 0.1) is 17.7 Å². The summed E-state index contributed by atoms with van der Waals surface area (Å²) >= 11 is 0. The maximum atomic E-state index is 12.7. The van der Waals surface area contributed by atoms with Crippen LogP contribution in [-0.2, 0) is 4.79 Å². The van der Waals surface area contributed by atoms with Gasteiger partial charge < -0.3 is 10.2 Å². The molecule has 0 radical (unpaired) electrons. The summed E-state index contributed by atoms with van der Waals surface area (Å²) in [6.07, 6.45) is 0. The summed E-state index contributed by atoms with van der Waals surface area (Å²) in [6.45, 7) is 3.73. The van der Waals surface area contributed by atoms with Gasteiger partial charge in [0.15, 0.2) is 0 Å². The van der Waals surface area contributed by atoms with Crippen LogP contribution in [0.15, 0.2) is 36.4 Å². The van der Waals surface area contributed by atoms with Crippen molar-refractivity contribution < 1.29 is 19.2 Å². The molecule has 0 fully saturated rings. The lowest BCUT2D eigenvalue weighted by Gasteiger charge is -2.18. The van der Waals surface area contributed by atoms with Crippen molar-refractivity contribution in [2.45, 2.75) is 13.8 Å². The highest BCUT2D eigenvalue weighted by atomic mass is 16.2. The van der Waals surface area contributed by atoms with Crippen LogP contribution in [-0.4, -0.2) is 54.1 Å². The van der Waals surface area contributed by atoms with Gasteiger partial charge in [0.1, 0.15) is 0 Å². The summed E-state index contributed by atoms with van der Waals surface area (Å²) < 4.78 is 0. The predicted molar refractivity (Wildman–Crippen MR) is 104 cm³/mol. The summed E-state index contributed by atoms with van der Waals surface area (Å²) in [5.41, 5.74) is 3.46. The molecule has 7 nitrogen and oxygen atoms in total. The van der Waals surface area contributed by atoms with E-state index in [0.29, 0.717) is 5.69 Å². The number of carbonyl (C=O) groups is 4. The third-order valence-electron chi connectivity index (χ3n) is 4.94. The summed E-state index contributed by atoms with van der Waals surface area (Å²) in [4.78, 5) is 51.3. The van der Waals surface area contributed by atoms with Crippen LogP contribution < -0.4 is 5.32 Å². The number of likely N-dealkylation sites (N-methyl/N-ethyl adjacent to an activating group) is 1. The quantitative estimate of drug-likeness (QED) is 0.826. The number of rotatable bonds is 4. The van der Waals surface area contributed by atoms with E-state index in [4.69, 9.17) is 0 Å². The van der Waals surface area contributed by atoms with Crippen LogP contribution in [0.5, 0.6) is 0 Å². The molecule has 0 saturated carbocycles. The Hall–Kier alpha value is -3.48. The van der Waals surface area contributed by atoms with Crippen LogP contribution in [0.2, 0.25) is 0 Å². The molecular weight excluding hydrogens is 358 g/mol.